The van der Waals surface area contributed by atoms with Gasteiger partial charge in [-0.3, -0.25) is 4.79 Å². The maximum atomic E-state index is 11.6. The molecule has 2 saturated heterocycles. The zero-order chi connectivity index (χ0) is 11.6. The van der Waals surface area contributed by atoms with Crippen molar-refractivity contribution in [3.8, 4) is 0 Å². The van der Waals surface area contributed by atoms with E-state index >= 15 is 0 Å². The molecule has 0 spiro atoms. The van der Waals surface area contributed by atoms with Crippen molar-refractivity contribution in [1.29, 1.82) is 0 Å². The van der Waals surface area contributed by atoms with Gasteiger partial charge in [-0.15, -0.1) is 0 Å². The highest BCUT2D eigenvalue weighted by Crippen LogP contribution is 2.33. The molecule has 0 aromatic rings. The first kappa shape index (κ1) is 11.9. The second-order valence-electron chi connectivity index (χ2n) is 5.15. The molecule has 0 saturated carbocycles. The van der Waals surface area contributed by atoms with E-state index in [1.807, 2.05) is 6.92 Å². The highest BCUT2D eigenvalue weighted by atomic mass is 16.5. The van der Waals surface area contributed by atoms with E-state index in [0.29, 0.717) is 11.8 Å². The van der Waals surface area contributed by atoms with Gasteiger partial charge in [0.15, 0.2) is 0 Å². The topological polar surface area (TPSA) is 47.6 Å². The van der Waals surface area contributed by atoms with Crippen LogP contribution in [0.1, 0.15) is 26.2 Å². The summed E-state index contributed by atoms with van der Waals surface area (Å²) in [6.45, 7) is 4.58. The molecule has 4 heteroatoms. The number of ether oxygens (including phenoxy) is 2. The molecule has 2 aliphatic rings. The predicted molar refractivity (Wildman–Crippen MR) is 60.1 cm³/mol. The second kappa shape index (κ2) is 4.72. The minimum absolute atomic E-state index is 0.147. The third-order valence-electron chi connectivity index (χ3n) is 3.92. The van der Waals surface area contributed by atoms with Crippen LogP contribution in [0, 0.1) is 11.8 Å². The molecule has 1 N–H and O–H groups in total. The van der Waals surface area contributed by atoms with Crippen molar-refractivity contribution >= 4 is 5.97 Å². The molecule has 3 atom stereocenters. The summed E-state index contributed by atoms with van der Waals surface area (Å²) in [5.41, 5.74) is -0.489. The molecule has 2 aliphatic heterocycles. The molecule has 4 nitrogen and oxygen atoms in total. The van der Waals surface area contributed by atoms with Crippen molar-refractivity contribution in [2.24, 2.45) is 11.8 Å². The highest BCUT2D eigenvalue weighted by molar-refractivity contribution is 5.80. The normalized spacial score (nSPS) is 39.6. The fourth-order valence-corrected chi connectivity index (χ4v) is 2.88. The van der Waals surface area contributed by atoms with E-state index in [-0.39, 0.29) is 5.97 Å². The van der Waals surface area contributed by atoms with Crippen LogP contribution in [0.4, 0.5) is 0 Å². The van der Waals surface area contributed by atoms with Crippen LogP contribution < -0.4 is 5.32 Å². The number of methoxy groups -OCH3 is 1. The van der Waals surface area contributed by atoms with Crippen molar-refractivity contribution in [3.05, 3.63) is 0 Å². The number of carbonyl (C=O) groups is 1. The van der Waals surface area contributed by atoms with Crippen LogP contribution >= 0.6 is 0 Å². The average molecular weight is 227 g/mol. The molecule has 2 rings (SSSR count). The van der Waals surface area contributed by atoms with Gasteiger partial charge in [0, 0.05) is 13.2 Å². The third kappa shape index (κ3) is 2.23. The lowest BCUT2D eigenvalue weighted by atomic mass is 9.83. The Morgan fingerprint density at radius 3 is 2.94 bits per heavy atom. The standard InChI is InChI=1S/C12H21NO3/c1-12(11(14)15-2)6-10(7-13-12)9-4-3-5-16-8-9/h9-10,13H,3-8H2,1-2H3. The number of hydrogen-bond donors (Lipinski definition) is 1. The Balaban J connectivity index is 1.93. The van der Waals surface area contributed by atoms with E-state index in [0.717, 1.165) is 32.6 Å². The molecule has 0 aliphatic carbocycles. The van der Waals surface area contributed by atoms with E-state index in [2.05, 4.69) is 5.32 Å². The summed E-state index contributed by atoms with van der Waals surface area (Å²) in [5.74, 6) is 1.00. The molecular weight excluding hydrogens is 206 g/mol. The number of nitrogens with one attached hydrogen (secondary N) is 1. The first-order valence-corrected chi connectivity index (χ1v) is 6.07. The maximum Gasteiger partial charge on any atom is 0.325 e. The summed E-state index contributed by atoms with van der Waals surface area (Å²) in [4.78, 5) is 11.6. The van der Waals surface area contributed by atoms with Crippen molar-refractivity contribution in [2.75, 3.05) is 26.9 Å². The fourth-order valence-electron chi connectivity index (χ4n) is 2.88. The predicted octanol–water partition coefficient (Wildman–Crippen LogP) is 0.954. The minimum Gasteiger partial charge on any atom is -0.468 e. The summed E-state index contributed by atoms with van der Waals surface area (Å²) in [6, 6.07) is 0. The van der Waals surface area contributed by atoms with Crippen molar-refractivity contribution in [1.82, 2.24) is 5.32 Å². The minimum atomic E-state index is -0.489. The lowest BCUT2D eigenvalue weighted by Crippen LogP contribution is -2.45. The zero-order valence-corrected chi connectivity index (χ0v) is 10.1. The first-order chi connectivity index (χ1) is 7.65. The molecule has 92 valence electrons. The quantitative estimate of drug-likeness (QED) is 0.714. The van der Waals surface area contributed by atoms with Gasteiger partial charge in [0.1, 0.15) is 5.54 Å². The molecule has 0 aromatic heterocycles. The Labute approximate surface area is 96.7 Å². The molecule has 16 heavy (non-hydrogen) atoms. The fraction of sp³-hybridized carbons (Fsp3) is 0.917. The van der Waals surface area contributed by atoms with Crippen LogP contribution in [0.2, 0.25) is 0 Å². The lowest BCUT2D eigenvalue weighted by Gasteiger charge is -2.28. The van der Waals surface area contributed by atoms with E-state index in [4.69, 9.17) is 9.47 Å². The van der Waals surface area contributed by atoms with Crippen LogP contribution in [0.15, 0.2) is 0 Å². The molecule has 0 amide bonds. The summed E-state index contributed by atoms with van der Waals surface area (Å²) < 4.78 is 10.3. The molecule has 0 radical (unpaired) electrons. The molecule has 3 unspecified atom stereocenters. The SMILES string of the molecule is COC(=O)C1(C)CC(C2CCCOC2)CN1. The number of carbonyl (C=O) groups excluding carboxylic acids is 1. The Kier molecular flexibility index (Phi) is 3.50. The van der Waals surface area contributed by atoms with Crippen molar-refractivity contribution in [2.45, 2.75) is 31.7 Å². The molecule has 0 bridgehead atoms. The molecule has 2 heterocycles. The molecular formula is C12H21NO3. The average Bonchev–Trinajstić information content (AvgIpc) is 2.73. The number of esters is 1. The van der Waals surface area contributed by atoms with Crippen LogP contribution in [-0.4, -0.2) is 38.4 Å². The van der Waals surface area contributed by atoms with E-state index < -0.39 is 5.54 Å². The Morgan fingerprint density at radius 1 is 1.50 bits per heavy atom. The van der Waals surface area contributed by atoms with Crippen LogP contribution in [-0.2, 0) is 14.3 Å². The van der Waals surface area contributed by atoms with Gasteiger partial charge in [-0.25, -0.2) is 0 Å². The monoisotopic (exact) mass is 227 g/mol. The smallest absolute Gasteiger partial charge is 0.325 e. The van der Waals surface area contributed by atoms with Gasteiger partial charge in [0.05, 0.1) is 7.11 Å². The van der Waals surface area contributed by atoms with Gasteiger partial charge >= 0.3 is 5.97 Å². The summed E-state index contributed by atoms with van der Waals surface area (Å²) in [7, 11) is 1.45. The Bertz CT molecular complexity index is 263. The van der Waals surface area contributed by atoms with Gasteiger partial charge in [0.2, 0.25) is 0 Å². The second-order valence-corrected chi connectivity index (χ2v) is 5.15. The van der Waals surface area contributed by atoms with Gasteiger partial charge in [-0.1, -0.05) is 0 Å². The lowest BCUT2D eigenvalue weighted by molar-refractivity contribution is -0.147. The Morgan fingerprint density at radius 2 is 2.31 bits per heavy atom. The van der Waals surface area contributed by atoms with E-state index in [9.17, 15) is 4.79 Å². The van der Waals surface area contributed by atoms with Crippen molar-refractivity contribution in [3.63, 3.8) is 0 Å². The maximum absolute atomic E-state index is 11.6. The summed E-state index contributed by atoms with van der Waals surface area (Å²) in [5, 5.41) is 3.30. The van der Waals surface area contributed by atoms with E-state index in [1.165, 1.54) is 13.5 Å². The summed E-state index contributed by atoms with van der Waals surface area (Å²) >= 11 is 0. The highest BCUT2D eigenvalue weighted by Gasteiger charge is 2.44. The summed E-state index contributed by atoms with van der Waals surface area (Å²) in [6.07, 6.45) is 3.24. The van der Waals surface area contributed by atoms with Gasteiger partial charge < -0.3 is 14.8 Å². The van der Waals surface area contributed by atoms with Crippen LogP contribution in [0.3, 0.4) is 0 Å². The van der Waals surface area contributed by atoms with Crippen LogP contribution in [0.5, 0.6) is 0 Å². The van der Waals surface area contributed by atoms with Gasteiger partial charge in [-0.2, -0.15) is 0 Å². The number of hydrogen-bond acceptors (Lipinski definition) is 4. The largest absolute Gasteiger partial charge is 0.468 e. The molecule has 2 fully saturated rings. The first-order valence-electron chi connectivity index (χ1n) is 6.07. The van der Waals surface area contributed by atoms with Crippen molar-refractivity contribution < 1.29 is 14.3 Å². The van der Waals surface area contributed by atoms with Gasteiger partial charge in [-0.05, 0) is 44.6 Å². The van der Waals surface area contributed by atoms with Crippen LogP contribution in [0.25, 0.3) is 0 Å². The zero-order valence-electron chi connectivity index (χ0n) is 10.1. The number of rotatable bonds is 2. The Hall–Kier alpha value is -0.610. The molecule has 0 aromatic carbocycles. The van der Waals surface area contributed by atoms with E-state index in [1.54, 1.807) is 0 Å². The third-order valence-corrected chi connectivity index (χ3v) is 3.92. The van der Waals surface area contributed by atoms with Gasteiger partial charge in [0.25, 0.3) is 0 Å².